The quantitative estimate of drug-likeness (QED) is 0.404. The van der Waals surface area contributed by atoms with E-state index in [-0.39, 0.29) is 0 Å². The summed E-state index contributed by atoms with van der Waals surface area (Å²) in [6.45, 7) is 3.14. The zero-order valence-electron chi connectivity index (χ0n) is 12.3. The molecule has 6 heteroatoms. The molecular formula is C12H29N2O3P. The Balaban J connectivity index is 3.22. The topological polar surface area (TPSA) is 42.0 Å². The van der Waals surface area contributed by atoms with Crippen LogP contribution in [0.5, 0.6) is 0 Å². The molecule has 0 aromatic rings. The summed E-state index contributed by atoms with van der Waals surface area (Å²) in [5.74, 6) is 0. The van der Waals surface area contributed by atoms with E-state index in [2.05, 4.69) is 9.80 Å². The zero-order chi connectivity index (χ0) is 13.8. The number of hydrogen-bond acceptors (Lipinski definition) is 5. The minimum atomic E-state index is -2.27. The first-order valence-electron chi connectivity index (χ1n) is 6.61. The van der Waals surface area contributed by atoms with Crippen LogP contribution in [0.1, 0.15) is 25.7 Å². The van der Waals surface area contributed by atoms with Gasteiger partial charge in [0, 0.05) is 0 Å². The van der Waals surface area contributed by atoms with Gasteiger partial charge in [0.2, 0.25) is 0 Å². The van der Waals surface area contributed by atoms with Crippen LogP contribution in [0.15, 0.2) is 0 Å². The Hall–Kier alpha value is 0.0700. The van der Waals surface area contributed by atoms with Crippen molar-refractivity contribution >= 4 is 8.25 Å². The lowest BCUT2D eigenvalue weighted by atomic mass is 10.3. The molecule has 0 N–H and O–H groups in total. The molecule has 0 aliphatic carbocycles. The van der Waals surface area contributed by atoms with E-state index in [0.29, 0.717) is 13.2 Å². The number of nitrogens with zero attached hydrogens (tertiary/aromatic N) is 2. The molecule has 0 aliphatic rings. The molecule has 0 radical (unpaired) electrons. The van der Waals surface area contributed by atoms with Gasteiger partial charge in [-0.15, -0.1) is 0 Å². The summed E-state index contributed by atoms with van der Waals surface area (Å²) >= 11 is 0. The summed E-state index contributed by atoms with van der Waals surface area (Å²) in [6, 6.07) is 0. The van der Waals surface area contributed by atoms with E-state index in [4.69, 9.17) is 9.05 Å². The van der Waals surface area contributed by atoms with Gasteiger partial charge in [-0.25, -0.2) is 0 Å². The van der Waals surface area contributed by atoms with E-state index < -0.39 is 8.25 Å². The van der Waals surface area contributed by atoms with Gasteiger partial charge in [-0.1, -0.05) is 0 Å². The average Bonchev–Trinajstić information content (AvgIpc) is 2.27. The first-order valence-corrected chi connectivity index (χ1v) is 7.84. The molecule has 0 atom stereocenters. The van der Waals surface area contributed by atoms with Gasteiger partial charge in [0.1, 0.15) is 0 Å². The Kier molecular flexibility index (Phi) is 12.2. The second-order valence-corrected chi connectivity index (χ2v) is 6.05. The molecule has 0 aromatic carbocycles. The van der Waals surface area contributed by atoms with Crippen molar-refractivity contribution in [1.29, 1.82) is 0 Å². The zero-order valence-corrected chi connectivity index (χ0v) is 13.3. The van der Waals surface area contributed by atoms with Crippen molar-refractivity contribution in [2.75, 3.05) is 54.5 Å². The van der Waals surface area contributed by atoms with Gasteiger partial charge in [0.15, 0.2) is 0 Å². The third-order valence-corrected chi connectivity index (χ3v) is 3.32. The van der Waals surface area contributed by atoms with Crippen LogP contribution in [0.3, 0.4) is 0 Å². The van der Waals surface area contributed by atoms with Crippen LogP contribution in [0.25, 0.3) is 0 Å². The van der Waals surface area contributed by atoms with Gasteiger partial charge in [-0.05, 0) is 67.0 Å². The molecule has 0 amide bonds. The third-order valence-electron chi connectivity index (χ3n) is 2.44. The van der Waals surface area contributed by atoms with Crippen molar-refractivity contribution in [1.82, 2.24) is 9.80 Å². The summed E-state index contributed by atoms with van der Waals surface area (Å²) in [7, 11) is 5.90. The fourth-order valence-electron chi connectivity index (χ4n) is 1.41. The van der Waals surface area contributed by atoms with E-state index in [1.807, 2.05) is 28.2 Å². The molecule has 0 spiro atoms. The second kappa shape index (κ2) is 12.1. The molecule has 0 heterocycles. The van der Waals surface area contributed by atoms with Crippen LogP contribution >= 0.6 is 8.25 Å². The van der Waals surface area contributed by atoms with Crippen LogP contribution < -0.4 is 0 Å². The maximum absolute atomic E-state index is 11.4. The minimum Gasteiger partial charge on any atom is -0.311 e. The van der Waals surface area contributed by atoms with E-state index in [1.165, 1.54) is 0 Å². The molecular weight excluding hydrogens is 251 g/mol. The molecule has 0 unspecified atom stereocenters. The van der Waals surface area contributed by atoms with Crippen LogP contribution in [0.4, 0.5) is 0 Å². The standard InChI is InChI=1S/C12H29N2O3P/c1-13(2)9-5-7-11-16-18(15)17-12-8-6-10-14(3)4/h18H,5-12H2,1-4H3. The maximum Gasteiger partial charge on any atom is 0.319 e. The summed E-state index contributed by atoms with van der Waals surface area (Å²) in [4.78, 5) is 4.26. The lowest BCUT2D eigenvalue weighted by Crippen LogP contribution is -2.13. The van der Waals surface area contributed by atoms with Gasteiger partial charge in [-0.2, -0.15) is 0 Å². The van der Waals surface area contributed by atoms with Crippen LogP contribution in [0.2, 0.25) is 0 Å². The van der Waals surface area contributed by atoms with Gasteiger partial charge < -0.3 is 18.8 Å². The fourth-order valence-corrected chi connectivity index (χ4v) is 2.12. The Morgan fingerprint density at radius 1 is 0.778 bits per heavy atom. The minimum absolute atomic E-state index is 0.531. The number of rotatable bonds is 12. The smallest absolute Gasteiger partial charge is 0.311 e. The van der Waals surface area contributed by atoms with E-state index in [9.17, 15) is 4.57 Å². The molecule has 0 aliphatic heterocycles. The maximum atomic E-state index is 11.4. The van der Waals surface area contributed by atoms with E-state index in [1.54, 1.807) is 0 Å². The Bertz CT molecular complexity index is 193. The lowest BCUT2D eigenvalue weighted by Gasteiger charge is -2.10. The van der Waals surface area contributed by atoms with Crippen molar-refractivity contribution in [3.05, 3.63) is 0 Å². The Morgan fingerprint density at radius 3 is 1.50 bits per heavy atom. The van der Waals surface area contributed by atoms with Crippen molar-refractivity contribution < 1.29 is 13.6 Å². The molecule has 0 rings (SSSR count). The molecule has 0 bridgehead atoms. The second-order valence-electron chi connectivity index (χ2n) is 4.97. The van der Waals surface area contributed by atoms with Gasteiger partial charge in [-0.3, -0.25) is 4.57 Å². The predicted octanol–water partition coefficient (Wildman–Crippen LogP) is 2.09. The first-order chi connectivity index (χ1) is 8.52. The third kappa shape index (κ3) is 14.1. The van der Waals surface area contributed by atoms with E-state index >= 15 is 0 Å². The Morgan fingerprint density at radius 2 is 1.17 bits per heavy atom. The van der Waals surface area contributed by atoms with Crippen molar-refractivity contribution in [3.63, 3.8) is 0 Å². The summed E-state index contributed by atoms with van der Waals surface area (Å²) in [5.41, 5.74) is 0. The molecule has 0 aromatic heterocycles. The van der Waals surface area contributed by atoms with Crippen LogP contribution in [-0.2, 0) is 13.6 Å². The van der Waals surface area contributed by atoms with Crippen molar-refractivity contribution in [2.45, 2.75) is 25.7 Å². The monoisotopic (exact) mass is 280 g/mol. The average molecular weight is 280 g/mol. The highest BCUT2D eigenvalue weighted by Crippen LogP contribution is 2.24. The largest absolute Gasteiger partial charge is 0.319 e. The highest BCUT2D eigenvalue weighted by Gasteiger charge is 2.00. The summed E-state index contributed by atoms with van der Waals surface area (Å²) in [5, 5.41) is 0. The molecule has 0 saturated carbocycles. The normalized spacial score (nSPS) is 11.9. The van der Waals surface area contributed by atoms with Gasteiger partial charge >= 0.3 is 8.25 Å². The van der Waals surface area contributed by atoms with E-state index in [0.717, 1.165) is 38.8 Å². The number of unbranched alkanes of at least 4 members (excludes halogenated alkanes) is 2. The first kappa shape index (κ1) is 18.1. The number of hydrogen-bond donors (Lipinski definition) is 0. The van der Waals surface area contributed by atoms with Gasteiger partial charge in [0.25, 0.3) is 0 Å². The molecule has 0 saturated heterocycles. The fraction of sp³-hybridized carbons (Fsp3) is 1.00. The summed E-state index contributed by atoms with van der Waals surface area (Å²) < 4.78 is 21.7. The SMILES string of the molecule is CN(C)CCCCO[PH](=O)OCCCCN(C)C. The highest BCUT2D eigenvalue weighted by atomic mass is 31.1. The Labute approximate surface area is 112 Å². The van der Waals surface area contributed by atoms with Gasteiger partial charge in [0.05, 0.1) is 13.2 Å². The molecule has 110 valence electrons. The predicted molar refractivity (Wildman–Crippen MR) is 76.5 cm³/mol. The van der Waals surface area contributed by atoms with Crippen molar-refractivity contribution in [3.8, 4) is 0 Å². The molecule has 0 fully saturated rings. The summed E-state index contributed by atoms with van der Waals surface area (Å²) in [6.07, 6.45) is 3.98. The molecule has 5 nitrogen and oxygen atoms in total. The molecule has 18 heavy (non-hydrogen) atoms. The van der Waals surface area contributed by atoms with Crippen molar-refractivity contribution in [2.24, 2.45) is 0 Å². The lowest BCUT2D eigenvalue weighted by molar-refractivity contribution is 0.215. The van der Waals surface area contributed by atoms with Crippen LogP contribution in [-0.4, -0.2) is 64.3 Å². The highest BCUT2D eigenvalue weighted by molar-refractivity contribution is 7.33. The van der Waals surface area contributed by atoms with Crippen LogP contribution in [0, 0.1) is 0 Å².